The number of rotatable bonds is 8. The Balaban J connectivity index is 1.75. The van der Waals surface area contributed by atoms with E-state index in [-0.39, 0.29) is 18.1 Å². The molecule has 0 fully saturated rings. The number of nitrogens with one attached hydrogen (secondary N) is 2. The second-order valence-corrected chi connectivity index (χ2v) is 5.35. The molecule has 126 valence electrons. The zero-order valence-electron chi connectivity index (χ0n) is 13.2. The summed E-state index contributed by atoms with van der Waals surface area (Å²) in [6.07, 6.45) is 0.179. The maximum Gasteiger partial charge on any atom is 0.239 e. The second-order valence-electron chi connectivity index (χ2n) is 5.35. The van der Waals surface area contributed by atoms with Crippen molar-refractivity contribution in [3.8, 4) is 0 Å². The molecular weight excluding hydrogens is 309 g/mol. The minimum atomic E-state index is -0.597. The van der Waals surface area contributed by atoms with E-state index < -0.39 is 11.9 Å². The van der Waals surface area contributed by atoms with Crippen LogP contribution in [-0.2, 0) is 16.0 Å². The fraction of sp³-hybridized carbons (Fsp3) is 0.222. The Kier molecular flexibility index (Phi) is 6.45. The molecule has 0 aliphatic carbocycles. The van der Waals surface area contributed by atoms with Crippen molar-refractivity contribution in [2.45, 2.75) is 12.5 Å². The van der Waals surface area contributed by atoms with Crippen molar-refractivity contribution >= 4 is 11.8 Å². The van der Waals surface area contributed by atoms with E-state index in [1.54, 1.807) is 12.1 Å². The Morgan fingerprint density at radius 3 is 2.29 bits per heavy atom. The van der Waals surface area contributed by atoms with Crippen LogP contribution in [-0.4, -0.2) is 24.9 Å². The Labute approximate surface area is 140 Å². The molecule has 0 saturated heterocycles. The molecule has 2 rings (SSSR count). The van der Waals surface area contributed by atoms with Crippen LogP contribution in [0.3, 0.4) is 0 Å². The highest BCUT2D eigenvalue weighted by atomic mass is 19.1. The van der Waals surface area contributed by atoms with Crippen molar-refractivity contribution in [2.75, 3.05) is 13.1 Å². The van der Waals surface area contributed by atoms with Gasteiger partial charge >= 0.3 is 0 Å². The number of hydrogen-bond acceptors (Lipinski definition) is 3. The molecule has 2 aromatic carbocycles. The van der Waals surface area contributed by atoms with Crippen molar-refractivity contribution < 1.29 is 14.0 Å². The van der Waals surface area contributed by atoms with Gasteiger partial charge in [-0.05, 0) is 23.3 Å². The Bertz CT molecular complexity index is 674. The second kappa shape index (κ2) is 8.79. The third kappa shape index (κ3) is 5.48. The van der Waals surface area contributed by atoms with Gasteiger partial charge in [0.2, 0.25) is 11.8 Å². The molecule has 2 aromatic rings. The summed E-state index contributed by atoms with van der Waals surface area (Å²) in [5, 5.41) is 5.77. The Hall–Kier alpha value is -2.73. The first-order valence-electron chi connectivity index (χ1n) is 7.65. The third-order valence-corrected chi connectivity index (χ3v) is 3.49. The van der Waals surface area contributed by atoms with E-state index in [0.717, 1.165) is 11.1 Å². The smallest absolute Gasteiger partial charge is 0.239 e. The fourth-order valence-corrected chi connectivity index (χ4v) is 2.30. The van der Waals surface area contributed by atoms with Gasteiger partial charge in [0.15, 0.2) is 0 Å². The zero-order chi connectivity index (χ0) is 17.4. The molecule has 0 aliphatic rings. The van der Waals surface area contributed by atoms with E-state index in [1.165, 1.54) is 12.1 Å². The first-order valence-corrected chi connectivity index (χ1v) is 7.65. The van der Waals surface area contributed by atoms with Crippen LogP contribution in [0.2, 0.25) is 0 Å². The molecule has 2 amide bonds. The summed E-state index contributed by atoms with van der Waals surface area (Å²) >= 11 is 0. The van der Waals surface area contributed by atoms with Crippen molar-refractivity contribution in [3.05, 3.63) is 71.5 Å². The summed E-state index contributed by atoms with van der Waals surface area (Å²) in [6, 6.07) is 14.3. The minimum absolute atomic E-state index is 0.168. The lowest BCUT2D eigenvalue weighted by Crippen LogP contribution is -2.39. The van der Waals surface area contributed by atoms with Crippen molar-refractivity contribution in [2.24, 2.45) is 5.73 Å². The molecular formula is C18H20FN3O2. The Morgan fingerprint density at radius 1 is 1.00 bits per heavy atom. The van der Waals surface area contributed by atoms with Gasteiger partial charge in [-0.2, -0.15) is 0 Å². The van der Waals surface area contributed by atoms with Crippen LogP contribution < -0.4 is 16.4 Å². The van der Waals surface area contributed by atoms with Gasteiger partial charge in [-0.15, -0.1) is 0 Å². The molecule has 24 heavy (non-hydrogen) atoms. The molecule has 0 spiro atoms. The standard InChI is InChI=1S/C18H20FN3O2/c19-15-8-6-13(7-9-15)12-16(23)21-10-11-22-17(18(20)24)14-4-2-1-3-5-14/h1-9,17,22H,10-12H2,(H2,20,24)(H,21,23)/t17-/m0/s1. The predicted octanol–water partition coefficient (Wildman–Crippen LogP) is 1.30. The summed E-state index contributed by atoms with van der Waals surface area (Å²) in [7, 11) is 0. The summed E-state index contributed by atoms with van der Waals surface area (Å²) < 4.78 is 12.8. The monoisotopic (exact) mass is 329 g/mol. The van der Waals surface area contributed by atoms with Gasteiger partial charge in [0.05, 0.1) is 6.42 Å². The van der Waals surface area contributed by atoms with Crippen LogP contribution in [0, 0.1) is 5.82 Å². The first-order chi connectivity index (χ1) is 11.6. The molecule has 0 aromatic heterocycles. The van der Waals surface area contributed by atoms with Crippen LogP contribution in [0.25, 0.3) is 0 Å². The molecule has 0 aliphatic heterocycles. The molecule has 6 heteroatoms. The minimum Gasteiger partial charge on any atom is -0.368 e. The van der Waals surface area contributed by atoms with Crippen LogP contribution in [0.5, 0.6) is 0 Å². The van der Waals surface area contributed by atoms with E-state index in [9.17, 15) is 14.0 Å². The highest BCUT2D eigenvalue weighted by Crippen LogP contribution is 2.11. The first kappa shape index (κ1) is 17.6. The molecule has 0 radical (unpaired) electrons. The fourth-order valence-electron chi connectivity index (χ4n) is 2.30. The normalized spacial score (nSPS) is 11.7. The number of hydrogen-bond donors (Lipinski definition) is 3. The molecule has 0 saturated carbocycles. The van der Waals surface area contributed by atoms with Crippen molar-refractivity contribution in [1.29, 1.82) is 0 Å². The average molecular weight is 329 g/mol. The highest BCUT2D eigenvalue weighted by Gasteiger charge is 2.16. The molecule has 1 atom stereocenters. The SMILES string of the molecule is NC(=O)[C@@H](NCCNC(=O)Cc1ccc(F)cc1)c1ccccc1. The number of primary amides is 1. The van der Waals surface area contributed by atoms with Crippen LogP contribution >= 0.6 is 0 Å². The van der Waals surface area contributed by atoms with Crippen LogP contribution in [0.1, 0.15) is 17.2 Å². The topological polar surface area (TPSA) is 84.2 Å². The lowest BCUT2D eigenvalue weighted by atomic mass is 10.1. The van der Waals surface area contributed by atoms with Crippen molar-refractivity contribution in [1.82, 2.24) is 10.6 Å². The lowest BCUT2D eigenvalue weighted by Gasteiger charge is -2.16. The number of amides is 2. The van der Waals surface area contributed by atoms with Gasteiger partial charge in [-0.1, -0.05) is 42.5 Å². The highest BCUT2D eigenvalue weighted by molar-refractivity contribution is 5.81. The summed E-state index contributed by atoms with van der Waals surface area (Å²) in [4.78, 5) is 23.4. The van der Waals surface area contributed by atoms with Gasteiger partial charge in [0, 0.05) is 13.1 Å². The quantitative estimate of drug-likeness (QED) is 0.638. The van der Waals surface area contributed by atoms with E-state index in [2.05, 4.69) is 10.6 Å². The van der Waals surface area contributed by atoms with Gasteiger partial charge in [-0.3, -0.25) is 9.59 Å². The third-order valence-electron chi connectivity index (χ3n) is 3.49. The van der Waals surface area contributed by atoms with Crippen LogP contribution in [0.4, 0.5) is 4.39 Å². The number of nitrogens with two attached hydrogens (primary N) is 1. The average Bonchev–Trinajstić information content (AvgIpc) is 2.57. The van der Waals surface area contributed by atoms with Crippen molar-refractivity contribution in [3.63, 3.8) is 0 Å². The van der Waals surface area contributed by atoms with Gasteiger partial charge in [-0.25, -0.2) is 4.39 Å². The zero-order valence-corrected chi connectivity index (χ0v) is 13.2. The molecule has 0 bridgehead atoms. The van der Waals surface area contributed by atoms with E-state index in [4.69, 9.17) is 5.73 Å². The van der Waals surface area contributed by atoms with Gasteiger partial charge in [0.25, 0.3) is 0 Å². The largest absolute Gasteiger partial charge is 0.368 e. The predicted molar refractivity (Wildman–Crippen MR) is 89.5 cm³/mol. The summed E-state index contributed by atoms with van der Waals surface area (Å²) in [5.41, 5.74) is 6.92. The number of benzene rings is 2. The van der Waals surface area contributed by atoms with E-state index in [0.29, 0.717) is 13.1 Å². The molecule has 5 nitrogen and oxygen atoms in total. The Morgan fingerprint density at radius 2 is 1.67 bits per heavy atom. The number of carbonyl (C=O) groups excluding carboxylic acids is 2. The molecule has 0 heterocycles. The number of halogens is 1. The molecule has 4 N–H and O–H groups in total. The van der Waals surface area contributed by atoms with Gasteiger partial charge in [0.1, 0.15) is 11.9 Å². The van der Waals surface area contributed by atoms with Crippen LogP contribution in [0.15, 0.2) is 54.6 Å². The summed E-state index contributed by atoms with van der Waals surface area (Å²) in [5.74, 6) is -0.973. The lowest BCUT2D eigenvalue weighted by molar-refractivity contribution is -0.120. The summed E-state index contributed by atoms with van der Waals surface area (Å²) in [6.45, 7) is 0.758. The molecule has 0 unspecified atom stereocenters. The van der Waals surface area contributed by atoms with E-state index >= 15 is 0 Å². The van der Waals surface area contributed by atoms with E-state index in [1.807, 2.05) is 30.3 Å². The van der Waals surface area contributed by atoms with Gasteiger partial charge < -0.3 is 16.4 Å². The maximum absolute atomic E-state index is 12.8. The maximum atomic E-state index is 12.8. The number of carbonyl (C=O) groups is 2.